The van der Waals surface area contributed by atoms with E-state index in [0.717, 1.165) is 6.54 Å². The van der Waals surface area contributed by atoms with E-state index in [4.69, 9.17) is 0 Å². The quantitative estimate of drug-likeness (QED) is 0.831. The molecule has 0 spiro atoms. The standard InChI is InChI=1S/C11H14N.C2H6.CH3.Rb/c1-3-5-10-6-8-11(9-7-10)12-4-2;1-2;;/h3,5-9,12H,1,4H2,2H3;1-2H3;1H3;/q-1;;-1;+1/b5-3+;;;. The van der Waals surface area contributed by atoms with Crippen LogP contribution in [0.4, 0.5) is 5.69 Å². The zero-order valence-electron chi connectivity index (χ0n) is 11.4. The third-order valence-electron chi connectivity index (χ3n) is 1.60. The summed E-state index contributed by atoms with van der Waals surface area (Å²) in [6.07, 6.45) is 3.78. The van der Waals surface area contributed by atoms with Gasteiger partial charge < -0.3 is 12.7 Å². The van der Waals surface area contributed by atoms with Crippen molar-refractivity contribution in [3.8, 4) is 0 Å². The van der Waals surface area contributed by atoms with Crippen LogP contribution in [0.3, 0.4) is 0 Å². The van der Waals surface area contributed by atoms with Crippen molar-refractivity contribution in [3.63, 3.8) is 0 Å². The molecule has 1 rings (SSSR count). The summed E-state index contributed by atoms with van der Waals surface area (Å²) in [5, 5.41) is 3.24. The van der Waals surface area contributed by atoms with Crippen LogP contribution in [0.5, 0.6) is 0 Å². The second kappa shape index (κ2) is 15.4. The molecular formula is C14H23NRb-. The van der Waals surface area contributed by atoms with Crippen molar-refractivity contribution < 1.29 is 58.2 Å². The molecule has 1 N–H and O–H groups in total. The van der Waals surface area contributed by atoms with Crippen molar-refractivity contribution >= 4 is 11.8 Å². The normalized spacial score (nSPS) is 8.19. The molecule has 2 heteroatoms. The van der Waals surface area contributed by atoms with Gasteiger partial charge in [-0.3, -0.25) is 0 Å². The summed E-state index contributed by atoms with van der Waals surface area (Å²) in [5.74, 6) is 0. The SMILES string of the molecule is CC.[CH2-]/C=C/c1ccc(NCC)cc1.[CH3-].[Rb+]. The Hall–Kier alpha value is 0.435. The fraction of sp³-hybridized carbons (Fsp3) is 0.286. The number of nitrogens with one attached hydrogen (secondary N) is 1. The third-order valence-corrected chi connectivity index (χ3v) is 1.60. The van der Waals surface area contributed by atoms with Gasteiger partial charge in [-0.25, -0.2) is 19.1 Å². The van der Waals surface area contributed by atoms with Crippen LogP contribution in [-0.2, 0) is 0 Å². The Morgan fingerprint density at radius 3 is 2.06 bits per heavy atom. The van der Waals surface area contributed by atoms with Crippen LogP contribution in [0.15, 0.2) is 30.3 Å². The maximum atomic E-state index is 3.64. The average molecular weight is 291 g/mol. The number of allylic oxidation sites excluding steroid dienone is 1. The van der Waals surface area contributed by atoms with E-state index in [1.165, 1.54) is 11.3 Å². The van der Waals surface area contributed by atoms with Crippen molar-refractivity contribution in [2.75, 3.05) is 11.9 Å². The summed E-state index contributed by atoms with van der Waals surface area (Å²) in [4.78, 5) is 0. The Kier molecular flexibility index (Phi) is 20.9. The molecule has 0 saturated carbocycles. The van der Waals surface area contributed by atoms with Gasteiger partial charge in [-0.1, -0.05) is 26.0 Å². The summed E-state index contributed by atoms with van der Waals surface area (Å²) in [5.41, 5.74) is 2.35. The van der Waals surface area contributed by atoms with Crippen molar-refractivity contribution in [1.82, 2.24) is 0 Å². The average Bonchev–Trinajstić information content (AvgIpc) is 2.25. The van der Waals surface area contributed by atoms with E-state index in [2.05, 4.69) is 43.4 Å². The fourth-order valence-corrected chi connectivity index (χ4v) is 1.05. The number of hydrogen-bond donors (Lipinski definition) is 1. The molecule has 0 aromatic heterocycles. The fourth-order valence-electron chi connectivity index (χ4n) is 1.05. The van der Waals surface area contributed by atoms with E-state index >= 15 is 0 Å². The predicted octanol–water partition coefficient (Wildman–Crippen LogP) is 1.45. The van der Waals surface area contributed by atoms with E-state index in [1.54, 1.807) is 6.08 Å². The maximum absolute atomic E-state index is 3.64. The Morgan fingerprint density at radius 2 is 1.69 bits per heavy atom. The van der Waals surface area contributed by atoms with Crippen molar-refractivity contribution in [2.45, 2.75) is 20.8 Å². The Balaban J connectivity index is -0.000000399. The van der Waals surface area contributed by atoms with Gasteiger partial charge >= 0.3 is 58.2 Å². The molecule has 16 heavy (non-hydrogen) atoms. The van der Waals surface area contributed by atoms with Gasteiger partial charge in [0.1, 0.15) is 0 Å². The summed E-state index contributed by atoms with van der Waals surface area (Å²) in [6, 6.07) is 8.27. The summed E-state index contributed by atoms with van der Waals surface area (Å²) in [7, 11) is 0. The molecular weight excluding hydrogens is 268 g/mol. The minimum absolute atomic E-state index is 0. The van der Waals surface area contributed by atoms with E-state index in [0.29, 0.717) is 0 Å². The first-order valence-electron chi connectivity index (χ1n) is 5.16. The van der Waals surface area contributed by atoms with E-state index in [1.807, 2.05) is 19.9 Å². The Morgan fingerprint density at radius 1 is 1.19 bits per heavy atom. The molecule has 0 radical (unpaired) electrons. The Labute approximate surface area is 151 Å². The molecule has 0 atom stereocenters. The van der Waals surface area contributed by atoms with E-state index in [9.17, 15) is 0 Å². The smallest absolute Gasteiger partial charge is 0.385 e. The zero-order valence-corrected chi connectivity index (χ0v) is 16.3. The van der Waals surface area contributed by atoms with Gasteiger partial charge in [0.2, 0.25) is 0 Å². The summed E-state index contributed by atoms with van der Waals surface area (Å²) < 4.78 is 0. The first-order chi connectivity index (χ1) is 6.86. The number of anilines is 1. The van der Waals surface area contributed by atoms with Crippen molar-refractivity contribution in [1.29, 1.82) is 0 Å². The predicted molar refractivity (Wildman–Crippen MR) is 72.8 cm³/mol. The van der Waals surface area contributed by atoms with Crippen LogP contribution in [0.1, 0.15) is 26.3 Å². The minimum atomic E-state index is 0. The van der Waals surface area contributed by atoms with Gasteiger partial charge in [0.15, 0.2) is 0 Å². The van der Waals surface area contributed by atoms with Crippen LogP contribution >= 0.6 is 0 Å². The second-order valence-corrected chi connectivity index (χ2v) is 2.55. The van der Waals surface area contributed by atoms with Crippen LogP contribution in [0.2, 0.25) is 0 Å². The summed E-state index contributed by atoms with van der Waals surface area (Å²) in [6.45, 7) is 10.7. The van der Waals surface area contributed by atoms with Crippen molar-refractivity contribution in [3.05, 3.63) is 50.3 Å². The van der Waals surface area contributed by atoms with Gasteiger partial charge in [0.25, 0.3) is 0 Å². The molecule has 0 aliphatic rings. The number of hydrogen-bond acceptors (Lipinski definition) is 1. The molecule has 1 aromatic carbocycles. The maximum Gasteiger partial charge on any atom is 1.00 e. The van der Waals surface area contributed by atoms with Gasteiger partial charge in [0, 0.05) is 12.2 Å². The van der Waals surface area contributed by atoms with Crippen LogP contribution in [-0.4, -0.2) is 6.54 Å². The van der Waals surface area contributed by atoms with Gasteiger partial charge in [-0.15, -0.1) is 5.56 Å². The molecule has 1 nitrogen and oxygen atoms in total. The first kappa shape index (κ1) is 21.7. The minimum Gasteiger partial charge on any atom is -0.385 e. The van der Waals surface area contributed by atoms with Gasteiger partial charge in [-0.05, 0) is 19.1 Å². The molecule has 0 saturated heterocycles. The second-order valence-electron chi connectivity index (χ2n) is 2.55. The number of rotatable bonds is 3. The molecule has 0 aliphatic heterocycles. The molecule has 0 bridgehead atoms. The molecule has 0 fully saturated rings. The van der Waals surface area contributed by atoms with E-state index in [-0.39, 0.29) is 65.6 Å². The Bertz CT molecular complexity index is 252. The molecule has 0 unspecified atom stereocenters. The van der Waals surface area contributed by atoms with E-state index < -0.39 is 0 Å². The topological polar surface area (TPSA) is 12.0 Å². The monoisotopic (exact) mass is 290 g/mol. The molecule has 0 amide bonds. The van der Waals surface area contributed by atoms with Crippen LogP contribution < -0.4 is 63.5 Å². The molecule has 0 heterocycles. The summed E-state index contributed by atoms with van der Waals surface area (Å²) >= 11 is 0. The van der Waals surface area contributed by atoms with Crippen LogP contribution in [0.25, 0.3) is 6.08 Å². The van der Waals surface area contributed by atoms with Crippen LogP contribution in [0, 0.1) is 14.4 Å². The van der Waals surface area contributed by atoms with Gasteiger partial charge in [-0.2, -0.15) is 0 Å². The zero-order chi connectivity index (χ0) is 10.8. The molecule has 1 aromatic rings. The largest absolute Gasteiger partial charge is 1.00 e. The van der Waals surface area contributed by atoms with Gasteiger partial charge in [0.05, 0.1) is 0 Å². The molecule has 86 valence electrons. The molecule has 0 aliphatic carbocycles. The number of benzene rings is 1. The third kappa shape index (κ3) is 9.65. The first-order valence-corrected chi connectivity index (χ1v) is 5.16. The van der Waals surface area contributed by atoms with Crippen molar-refractivity contribution in [2.24, 2.45) is 0 Å².